The lowest BCUT2D eigenvalue weighted by Crippen LogP contribution is -2.33. The number of fused-ring (bicyclic) bond motifs is 1. The van der Waals surface area contributed by atoms with Crippen molar-refractivity contribution in [2.45, 2.75) is 65.0 Å². The van der Waals surface area contributed by atoms with Crippen LogP contribution in [0.3, 0.4) is 0 Å². The van der Waals surface area contributed by atoms with E-state index in [2.05, 4.69) is 26.1 Å². The molecule has 3 nitrogen and oxygen atoms in total. The van der Waals surface area contributed by atoms with Crippen LogP contribution >= 0.6 is 11.3 Å². The van der Waals surface area contributed by atoms with Crippen LogP contribution in [0.2, 0.25) is 0 Å². The first-order valence-electron chi connectivity index (χ1n) is 7.51. The van der Waals surface area contributed by atoms with Crippen molar-refractivity contribution in [1.82, 2.24) is 10.3 Å². The molecule has 0 amide bonds. The predicted molar refractivity (Wildman–Crippen MR) is 80.6 cm³/mol. The third-order valence-electron chi connectivity index (χ3n) is 4.17. The van der Waals surface area contributed by atoms with E-state index >= 15 is 0 Å². The molecular formula is C15H26N2OS. The Hall–Kier alpha value is -0.450. The summed E-state index contributed by atoms with van der Waals surface area (Å²) in [4.78, 5) is 6.25. The number of hydrogen-bond donors (Lipinski definition) is 2. The Morgan fingerprint density at radius 3 is 2.74 bits per heavy atom. The van der Waals surface area contributed by atoms with Gasteiger partial charge in [0.05, 0.1) is 17.8 Å². The molecule has 3 unspecified atom stereocenters. The third-order valence-corrected chi connectivity index (χ3v) is 5.51. The minimum atomic E-state index is -0.262. The molecule has 0 saturated heterocycles. The molecule has 0 aromatic carbocycles. The minimum Gasteiger partial charge on any atom is -0.392 e. The summed E-state index contributed by atoms with van der Waals surface area (Å²) in [5, 5.41) is 14.6. The molecule has 2 rings (SSSR count). The van der Waals surface area contributed by atoms with E-state index in [0.717, 1.165) is 12.8 Å². The zero-order chi connectivity index (χ0) is 13.8. The zero-order valence-corrected chi connectivity index (χ0v) is 13.1. The first-order valence-corrected chi connectivity index (χ1v) is 8.33. The van der Waals surface area contributed by atoms with Crippen molar-refractivity contribution in [2.75, 3.05) is 6.54 Å². The number of nitrogens with zero attached hydrogens (tertiary/aromatic N) is 1. The van der Waals surface area contributed by atoms with Crippen molar-refractivity contribution < 1.29 is 5.11 Å². The van der Waals surface area contributed by atoms with Gasteiger partial charge >= 0.3 is 0 Å². The average molecular weight is 282 g/mol. The van der Waals surface area contributed by atoms with Gasteiger partial charge in [-0.2, -0.15) is 0 Å². The molecule has 19 heavy (non-hydrogen) atoms. The van der Waals surface area contributed by atoms with Crippen molar-refractivity contribution in [1.29, 1.82) is 0 Å². The van der Waals surface area contributed by atoms with Gasteiger partial charge in [0.25, 0.3) is 0 Å². The van der Waals surface area contributed by atoms with Gasteiger partial charge in [0.1, 0.15) is 5.01 Å². The molecule has 1 aromatic rings. The lowest BCUT2D eigenvalue weighted by molar-refractivity contribution is 0.110. The summed E-state index contributed by atoms with van der Waals surface area (Å²) in [5.41, 5.74) is 1.32. The highest BCUT2D eigenvalue weighted by Gasteiger charge is 2.19. The standard InChI is InChI=1S/C15H26N2OS/c1-4-10(2)13(18)9-16-11(3)15-17-12-7-5-6-8-14(12)19-15/h10-11,13,16,18H,4-9H2,1-3H3. The highest BCUT2D eigenvalue weighted by Crippen LogP contribution is 2.29. The van der Waals surface area contributed by atoms with E-state index in [0.29, 0.717) is 12.5 Å². The molecule has 2 N–H and O–H groups in total. The number of nitrogens with one attached hydrogen (secondary N) is 1. The van der Waals surface area contributed by atoms with Crippen LogP contribution in [0.1, 0.15) is 61.7 Å². The maximum absolute atomic E-state index is 10.00. The van der Waals surface area contributed by atoms with Crippen LogP contribution < -0.4 is 5.32 Å². The SMILES string of the molecule is CCC(C)C(O)CNC(C)c1nc2c(s1)CCCC2. The second-order valence-electron chi connectivity index (χ2n) is 5.71. The van der Waals surface area contributed by atoms with E-state index in [-0.39, 0.29) is 12.1 Å². The van der Waals surface area contributed by atoms with E-state index in [9.17, 15) is 5.11 Å². The largest absolute Gasteiger partial charge is 0.392 e. The van der Waals surface area contributed by atoms with Gasteiger partial charge in [0, 0.05) is 11.4 Å². The number of aliphatic hydroxyl groups is 1. The maximum Gasteiger partial charge on any atom is 0.110 e. The van der Waals surface area contributed by atoms with Gasteiger partial charge < -0.3 is 10.4 Å². The van der Waals surface area contributed by atoms with Crippen LogP contribution in [-0.4, -0.2) is 22.7 Å². The quantitative estimate of drug-likeness (QED) is 0.843. The van der Waals surface area contributed by atoms with Crippen LogP contribution in [0, 0.1) is 5.92 Å². The molecule has 0 aliphatic heterocycles. The van der Waals surface area contributed by atoms with Crippen molar-refractivity contribution in [3.63, 3.8) is 0 Å². The fraction of sp³-hybridized carbons (Fsp3) is 0.800. The predicted octanol–water partition coefficient (Wildman–Crippen LogP) is 3.08. The fourth-order valence-electron chi connectivity index (χ4n) is 2.42. The molecule has 1 aliphatic carbocycles. The topological polar surface area (TPSA) is 45.1 Å². The van der Waals surface area contributed by atoms with Crippen molar-refractivity contribution >= 4 is 11.3 Å². The molecule has 1 aromatic heterocycles. The minimum absolute atomic E-state index is 0.245. The van der Waals surface area contributed by atoms with E-state index in [1.54, 1.807) is 0 Å². The molecule has 0 radical (unpaired) electrons. The molecular weight excluding hydrogens is 256 g/mol. The van der Waals surface area contributed by atoms with Gasteiger partial charge in [-0.1, -0.05) is 20.3 Å². The van der Waals surface area contributed by atoms with Crippen LogP contribution in [0.15, 0.2) is 0 Å². The number of aliphatic hydroxyl groups excluding tert-OH is 1. The van der Waals surface area contributed by atoms with Gasteiger partial charge in [-0.15, -0.1) is 11.3 Å². The summed E-state index contributed by atoms with van der Waals surface area (Å²) in [5.74, 6) is 0.351. The first-order chi connectivity index (χ1) is 9.11. The normalized spacial score (nSPS) is 19.8. The molecule has 0 spiro atoms. The number of aryl methyl sites for hydroxylation is 2. The van der Waals surface area contributed by atoms with Crippen molar-refractivity contribution in [3.8, 4) is 0 Å². The first kappa shape index (κ1) is 14.9. The van der Waals surface area contributed by atoms with Gasteiger partial charge in [-0.25, -0.2) is 4.98 Å². The van der Waals surface area contributed by atoms with Gasteiger partial charge in [-0.05, 0) is 38.5 Å². The van der Waals surface area contributed by atoms with Crippen LogP contribution in [0.25, 0.3) is 0 Å². The summed E-state index contributed by atoms with van der Waals surface area (Å²) in [6.45, 7) is 7.01. The smallest absolute Gasteiger partial charge is 0.110 e. The van der Waals surface area contributed by atoms with Gasteiger partial charge in [0.2, 0.25) is 0 Å². The average Bonchev–Trinajstić information content (AvgIpc) is 2.87. The zero-order valence-electron chi connectivity index (χ0n) is 12.3. The summed E-state index contributed by atoms with van der Waals surface area (Å²) < 4.78 is 0. The van der Waals surface area contributed by atoms with Gasteiger partial charge in [-0.3, -0.25) is 0 Å². The van der Waals surface area contributed by atoms with E-state index in [4.69, 9.17) is 4.98 Å². The molecule has 0 fully saturated rings. The molecule has 0 bridgehead atoms. The summed E-state index contributed by atoms with van der Waals surface area (Å²) in [6.07, 6.45) is 5.70. The summed E-state index contributed by atoms with van der Waals surface area (Å²) >= 11 is 1.85. The van der Waals surface area contributed by atoms with Crippen LogP contribution in [0.4, 0.5) is 0 Å². The molecule has 0 saturated carbocycles. The van der Waals surface area contributed by atoms with E-state index < -0.39 is 0 Å². The number of thiazole rings is 1. The Morgan fingerprint density at radius 1 is 1.32 bits per heavy atom. The monoisotopic (exact) mass is 282 g/mol. The summed E-state index contributed by atoms with van der Waals surface area (Å²) in [7, 11) is 0. The Kier molecular flexibility index (Phi) is 5.37. The molecule has 1 aliphatic rings. The van der Waals surface area contributed by atoms with Crippen LogP contribution in [0.5, 0.6) is 0 Å². The second kappa shape index (κ2) is 6.82. The van der Waals surface area contributed by atoms with Crippen molar-refractivity contribution in [3.05, 3.63) is 15.6 Å². The number of hydrogen-bond acceptors (Lipinski definition) is 4. The van der Waals surface area contributed by atoms with E-state index in [1.165, 1.54) is 34.8 Å². The number of aromatic nitrogens is 1. The highest BCUT2D eigenvalue weighted by atomic mass is 32.1. The Bertz CT molecular complexity index is 381. The second-order valence-corrected chi connectivity index (χ2v) is 6.83. The number of rotatable bonds is 6. The van der Waals surface area contributed by atoms with Crippen LogP contribution in [-0.2, 0) is 12.8 Å². The third kappa shape index (κ3) is 3.77. The Balaban J connectivity index is 1.89. The van der Waals surface area contributed by atoms with E-state index in [1.807, 2.05) is 11.3 Å². The highest BCUT2D eigenvalue weighted by molar-refractivity contribution is 7.11. The maximum atomic E-state index is 10.00. The lowest BCUT2D eigenvalue weighted by Gasteiger charge is -2.19. The molecule has 4 heteroatoms. The Morgan fingerprint density at radius 2 is 2.05 bits per heavy atom. The van der Waals surface area contributed by atoms with Crippen molar-refractivity contribution in [2.24, 2.45) is 5.92 Å². The fourth-order valence-corrected chi connectivity index (χ4v) is 3.60. The summed E-state index contributed by atoms with van der Waals surface area (Å²) in [6, 6.07) is 0.245. The molecule has 3 atom stereocenters. The molecule has 1 heterocycles. The lowest BCUT2D eigenvalue weighted by atomic mass is 10.0. The van der Waals surface area contributed by atoms with Gasteiger partial charge in [0.15, 0.2) is 0 Å². The molecule has 108 valence electrons. The Labute approximate surface area is 120 Å².